The van der Waals surface area contributed by atoms with Crippen molar-refractivity contribution in [2.75, 3.05) is 27.3 Å². The van der Waals surface area contributed by atoms with Gasteiger partial charge in [-0.05, 0) is 19.1 Å². The molecule has 1 aromatic carbocycles. The van der Waals surface area contributed by atoms with Crippen LogP contribution in [0.15, 0.2) is 29.2 Å². The molecule has 1 aromatic rings. The van der Waals surface area contributed by atoms with Crippen LogP contribution in [0.2, 0.25) is 0 Å². The average molecular weight is 313 g/mol. The number of hydrogen-bond acceptors (Lipinski definition) is 5. The Kier molecular flexibility index (Phi) is 4.77. The van der Waals surface area contributed by atoms with Gasteiger partial charge in [-0.15, -0.1) is 0 Å². The Labute approximate surface area is 124 Å². The third kappa shape index (κ3) is 3.16. The second-order valence-electron chi connectivity index (χ2n) is 4.95. The van der Waals surface area contributed by atoms with Gasteiger partial charge in [0.2, 0.25) is 10.0 Å². The maximum Gasteiger partial charge on any atom is 0.243 e. The minimum absolute atomic E-state index is 0.113. The van der Waals surface area contributed by atoms with E-state index in [-0.39, 0.29) is 36.0 Å². The molecule has 0 N–H and O–H groups in total. The second-order valence-corrected chi connectivity index (χ2v) is 6.89. The van der Waals surface area contributed by atoms with Gasteiger partial charge in [-0.1, -0.05) is 12.1 Å². The number of carbonyl (C=O) groups excluding carboxylic acids is 1. The minimum atomic E-state index is -3.66. The second kappa shape index (κ2) is 6.23. The Bertz CT molecular complexity index is 616. The predicted molar refractivity (Wildman–Crippen MR) is 76.8 cm³/mol. The van der Waals surface area contributed by atoms with Crippen molar-refractivity contribution in [2.24, 2.45) is 0 Å². The molecule has 0 spiro atoms. The van der Waals surface area contributed by atoms with E-state index in [4.69, 9.17) is 9.47 Å². The van der Waals surface area contributed by atoms with Gasteiger partial charge in [0.1, 0.15) is 0 Å². The van der Waals surface area contributed by atoms with Gasteiger partial charge in [-0.3, -0.25) is 4.79 Å². The van der Waals surface area contributed by atoms with Gasteiger partial charge in [0, 0.05) is 32.9 Å². The van der Waals surface area contributed by atoms with Crippen LogP contribution in [0.4, 0.5) is 0 Å². The molecule has 116 valence electrons. The summed E-state index contributed by atoms with van der Waals surface area (Å²) in [5.41, 5.74) is 0.377. The highest BCUT2D eigenvalue weighted by molar-refractivity contribution is 7.89. The van der Waals surface area contributed by atoms with Gasteiger partial charge < -0.3 is 9.47 Å². The first-order chi connectivity index (χ1) is 9.90. The third-order valence-electron chi connectivity index (χ3n) is 3.67. The van der Waals surface area contributed by atoms with Crippen molar-refractivity contribution in [3.63, 3.8) is 0 Å². The Balaban J connectivity index is 2.31. The number of benzene rings is 1. The van der Waals surface area contributed by atoms with Crippen molar-refractivity contribution in [1.82, 2.24) is 4.31 Å². The highest BCUT2D eigenvalue weighted by atomic mass is 32.2. The van der Waals surface area contributed by atoms with Crippen LogP contribution in [0.5, 0.6) is 0 Å². The number of rotatable bonds is 5. The summed E-state index contributed by atoms with van der Waals surface area (Å²) in [6.45, 7) is 1.88. The molecule has 0 aliphatic carbocycles. The highest BCUT2D eigenvalue weighted by Gasteiger charge is 2.39. The normalized spacial score (nSPS) is 23.4. The highest BCUT2D eigenvalue weighted by Crippen LogP contribution is 2.24. The fraction of sp³-hybridized carbons (Fsp3) is 0.500. The van der Waals surface area contributed by atoms with E-state index >= 15 is 0 Å². The van der Waals surface area contributed by atoms with Crippen molar-refractivity contribution in [2.45, 2.75) is 24.0 Å². The Hall–Kier alpha value is -1.28. The first-order valence-corrected chi connectivity index (χ1v) is 8.01. The van der Waals surface area contributed by atoms with E-state index in [1.807, 2.05) is 0 Å². The number of hydrogen-bond donors (Lipinski definition) is 0. The molecule has 7 heteroatoms. The van der Waals surface area contributed by atoms with Gasteiger partial charge in [0.05, 0.1) is 17.1 Å². The van der Waals surface area contributed by atoms with E-state index in [1.54, 1.807) is 12.1 Å². The number of ketones is 1. The zero-order chi connectivity index (χ0) is 15.6. The van der Waals surface area contributed by atoms with Crippen LogP contribution in [-0.2, 0) is 19.5 Å². The third-order valence-corrected chi connectivity index (χ3v) is 5.49. The lowest BCUT2D eigenvalue weighted by Crippen LogP contribution is -2.30. The zero-order valence-corrected chi connectivity index (χ0v) is 13.1. The number of methoxy groups -OCH3 is 2. The molecule has 0 bridgehead atoms. The van der Waals surface area contributed by atoms with E-state index < -0.39 is 10.0 Å². The van der Waals surface area contributed by atoms with E-state index in [2.05, 4.69) is 0 Å². The largest absolute Gasteiger partial charge is 0.377 e. The Morgan fingerprint density at radius 2 is 1.76 bits per heavy atom. The molecule has 2 atom stereocenters. The molecule has 2 unspecified atom stereocenters. The molecule has 1 saturated heterocycles. The summed E-state index contributed by atoms with van der Waals surface area (Å²) in [7, 11) is -0.598. The SMILES string of the molecule is COC1CN(S(=O)(=O)c2cccc(C(C)=O)c2)CC1OC. The lowest BCUT2D eigenvalue weighted by molar-refractivity contribution is -0.00461. The fourth-order valence-corrected chi connectivity index (χ4v) is 3.90. The summed E-state index contributed by atoms with van der Waals surface area (Å²) in [6, 6.07) is 6.06. The van der Waals surface area contributed by atoms with Gasteiger partial charge in [0.15, 0.2) is 5.78 Å². The summed E-state index contributed by atoms with van der Waals surface area (Å²) in [4.78, 5) is 11.5. The molecule has 2 rings (SSSR count). The maximum atomic E-state index is 12.6. The maximum absolute atomic E-state index is 12.6. The Morgan fingerprint density at radius 1 is 1.19 bits per heavy atom. The van der Waals surface area contributed by atoms with Crippen molar-refractivity contribution < 1.29 is 22.7 Å². The predicted octanol–water partition coefficient (Wildman–Crippen LogP) is 0.923. The fourth-order valence-electron chi connectivity index (χ4n) is 2.38. The van der Waals surface area contributed by atoms with E-state index in [0.29, 0.717) is 5.56 Å². The van der Waals surface area contributed by atoms with Gasteiger partial charge in [-0.2, -0.15) is 4.31 Å². The van der Waals surface area contributed by atoms with Crippen LogP contribution in [0, 0.1) is 0 Å². The van der Waals surface area contributed by atoms with Gasteiger partial charge >= 0.3 is 0 Å². The van der Waals surface area contributed by atoms with E-state index in [0.717, 1.165) is 0 Å². The summed E-state index contributed by atoms with van der Waals surface area (Å²) in [6.07, 6.45) is -0.582. The van der Waals surface area contributed by atoms with Crippen LogP contribution >= 0.6 is 0 Å². The molecule has 0 aromatic heterocycles. The molecule has 0 saturated carbocycles. The summed E-state index contributed by atoms with van der Waals surface area (Å²) >= 11 is 0. The summed E-state index contributed by atoms with van der Waals surface area (Å²) in [5.74, 6) is -0.169. The smallest absolute Gasteiger partial charge is 0.243 e. The van der Waals surface area contributed by atoms with Crippen molar-refractivity contribution >= 4 is 15.8 Å². The summed E-state index contributed by atoms with van der Waals surface area (Å²) in [5, 5.41) is 0. The first kappa shape index (κ1) is 16.1. The van der Waals surface area contributed by atoms with Gasteiger partial charge in [0.25, 0.3) is 0 Å². The van der Waals surface area contributed by atoms with Crippen molar-refractivity contribution in [1.29, 1.82) is 0 Å². The first-order valence-electron chi connectivity index (χ1n) is 6.57. The standard InChI is InChI=1S/C14H19NO5S/c1-10(16)11-5-4-6-12(7-11)21(17,18)15-8-13(19-2)14(9-15)20-3/h4-7,13-14H,8-9H2,1-3H3. The molecule has 0 radical (unpaired) electrons. The molecular weight excluding hydrogens is 294 g/mol. The van der Waals surface area contributed by atoms with Crippen LogP contribution < -0.4 is 0 Å². The number of carbonyl (C=O) groups is 1. The van der Waals surface area contributed by atoms with Crippen LogP contribution in [0.3, 0.4) is 0 Å². The van der Waals surface area contributed by atoms with Crippen molar-refractivity contribution in [3.05, 3.63) is 29.8 Å². The molecule has 1 heterocycles. The lowest BCUT2D eigenvalue weighted by atomic mass is 10.2. The number of sulfonamides is 1. The van der Waals surface area contributed by atoms with E-state index in [9.17, 15) is 13.2 Å². The summed E-state index contributed by atoms with van der Waals surface area (Å²) < 4.78 is 37.1. The average Bonchev–Trinajstić information content (AvgIpc) is 2.91. The molecule has 1 aliphatic rings. The van der Waals surface area contributed by atoms with Crippen LogP contribution in [-0.4, -0.2) is 58.0 Å². The molecule has 1 aliphatic heterocycles. The van der Waals surface area contributed by atoms with Gasteiger partial charge in [-0.25, -0.2) is 8.42 Å². The topological polar surface area (TPSA) is 72.9 Å². The van der Waals surface area contributed by atoms with Crippen molar-refractivity contribution in [3.8, 4) is 0 Å². The lowest BCUT2D eigenvalue weighted by Gasteiger charge is -2.16. The van der Waals surface area contributed by atoms with Crippen LogP contribution in [0.1, 0.15) is 17.3 Å². The number of Topliss-reactive ketones (excluding diaryl/α,β-unsaturated/α-hetero) is 1. The molecule has 6 nitrogen and oxygen atoms in total. The monoisotopic (exact) mass is 313 g/mol. The van der Waals surface area contributed by atoms with Crippen LogP contribution in [0.25, 0.3) is 0 Å². The van der Waals surface area contributed by atoms with E-state index in [1.165, 1.54) is 37.6 Å². The quantitative estimate of drug-likeness (QED) is 0.756. The molecular formula is C14H19NO5S. The molecule has 0 amide bonds. The zero-order valence-electron chi connectivity index (χ0n) is 12.3. The number of ether oxygens (including phenoxy) is 2. The number of nitrogens with zero attached hydrogens (tertiary/aromatic N) is 1. The molecule has 1 fully saturated rings. The minimum Gasteiger partial charge on any atom is -0.377 e. The Morgan fingerprint density at radius 3 is 2.24 bits per heavy atom. The molecule has 21 heavy (non-hydrogen) atoms.